The summed E-state index contributed by atoms with van der Waals surface area (Å²) >= 11 is 0. The SMILES string of the molecule is [2H]c1c([2H])c([2H])c2c(-c3cccc4c3Oc3cccc5cccc-4c35)c3c([2H])c([2H])c([2H])c([2H])c3c(-c3ccccc3)c2c1[2H]. The number of rotatable bonds is 2. The maximum atomic E-state index is 9.20. The highest BCUT2D eigenvalue weighted by atomic mass is 16.5. The molecule has 1 heterocycles. The number of ether oxygens (including phenoxy) is 1. The molecule has 0 N–H and O–H groups in total. The van der Waals surface area contributed by atoms with Crippen molar-refractivity contribution < 1.29 is 15.7 Å². The minimum atomic E-state index is -0.436. The summed E-state index contributed by atoms with van der Waals surface area (Å²) in [5.41, 5.74) is 3.33. The first-order valence-corrected chi connectivity index (χ1v) is 12.1. The van der Waals surface area contributed by atoms with Crippen LogP contribution in [-0.4, -0.2) is 0 Å². The summed E-state index contributed by atoms with van der Waals surface area (Å²) < 4.78 is 77.8. The van der Waals surface area contributed by atoms with Crippen molar-refractivity contribution in [3.05, 3.63) is 133 Å². The second-order valence-electron chi connectivity index (χ2n) is 9.06. The maximum absolute atomic E-state index is 9.20. The molecule has 0 saturated carbocycles. The molecule has 0 aromatic heterocycles. The third kappa shape index (κ3) is 2.92. The van der Waals surface area contributed by atoms with Crippen molar-refractivity contribution in [1.82, 2.24) is 0 Å². The van der Waals surface area contributed by atoms with E-state index in [9.17, 15) is 2.74 Å². The first kappa shape index (κ1) is 14.0. The molecule has 0 atom stereocenters. The van der Waals surface area contributed by atoms with E-state index in [4.69, 9.17) is 13.0 Å². The molecule has 0 saturated heterocycles. The molecule has 172 valence electrons. The molecule has 0 aliphatic carbocycles. The normalized spacial score (nSPS) is 15.0. The fourth-order valence-corrected chi connectivity index (χ4v) is 5.57. The first-order valence-electron chi connectivity index (χ1n) is 16.1. The highest BCUT2D eigenvalue weighted by molar-refractivity contribution is 6.22. The third-order valence-electron chi connectivity index (χ3n) is 7.09. The summed E-state index contributed by atoms with van der Waals surface area (Å²) in [6.07, 6.45) is 0. The predicted molar refractivity (Wildman–Crippen MR) is 155 cm³/mol. The van der Waals surface area contributed by atoms with Gasteiger partial charge in [0.05, 0.1) is 11.0 Å². The zero-order chi connectivity index (χ0) is 31.3. The lowest BCUT2D eigenvalue weighted by atomic mass is 9.84. The summed E-state index contributed by atoms with van der Waals surface area (Å²) in [5.74, 6) is 1.07. The van der Waals surface area contributed by atoms with E-state index >= 15 is 0 Å². The van der Waals surface area contributed by atoms with Crippen LogP contribution < -0.4 is 4.74 Å². The average molecular weight is 479 g/mol. The monoisotopic (exact) mass is 478 g/mol. The molecule has 0 fully saturated rings. The van der Waals surface area contributed by atoms with E-state index in [0.717, 1.165) is 21.9 Å². The van der Waals surface area contributed by atoms with Crippen molar-refractivity contribution >= 4 is 32.3 Å². The van der Waals surface area contributed by atoms with Gasteiger partial charge in [0.15, 0.2) is 0 Å². The number of para-hydroxylation sites is 1. The van der Waals surface area contributed by atoms with E-state index in [-0.39, 0.29) is 51.3 Å². The van der Waals surface area contributed by atoms with Crippen LogP contribution >= 0.6 is 0 Å². The van der Waals surface area contributed by atoms with Gasteiger partial charge in [-0.1, -0.05) is 127 Å². The van der Waals surface area contributed by atoms with Crippen molar-refractivity contribution in [1.29, 1.82) is 0 Å². The number of benzene rings is 7. The third-order valence-corrected chi connectivity index (χ3v) is 7.09. The Labute approximate surface area is 226 Å². The Bertz CT molecular complexity index is 2350. The molecular formula is C36H22O. The number of hydrogen-bond donors (Lipinski definition) is 0. The van der Waals surface area contributed by atoms with Crippen molar-refractivity contribution in [3.63, 3.8) is 0 Å². The van der Waals surface area contributed by atoms with E-state index in [0.29, 0.717) is 28.2 Å². The molecule has 1 aliphatic rings. The molecule has 0 unspecified atom stereocenters. The van der Waals surface area contributed by atoms with Crippen LogP contribution in [0.15, 0.2) is 133 Å². The van der Waals surface area contributed by atoms with Crippen LogP contribution in [0.25, 0.3) is 65.7 Å². The van der Waals surface area contributed by atoms with E-state index < -0.39 is 24.2 Å². The fourth-order valence-electron chi connectivity index (χ4n) is 5.57. The molecule has 0 radical (unpaired) electrons. The quantitative estimate of drug-likeness (QED) is 0.225. The molecule has 8 rings (SSSR count). The van der Waals surface area contributed by atoms with Gasteiger partial charge in [0.2, 0.25) is 0 Å². The van der Waals surface area contributed by atoms with Crippen LogP contribution in [0.5, 0.6) is 11.5 Å². The Morgan fingerprint density at radius 3 is 1.76 bits per heavy atom. The van der Waals surface area contributed by atoms with Gasteiger partial charge in [0.25, 0.3) is 0 Å². The molecule has 1 nitrogen and oxygen atoms in total. The van der Waals surface area contributed by atoms with Crippen molar-refractivity contribution in [2.45, 2.75) is 0 Å². The first-order chi connectivity index (χ1) is 21.7. The van der Waals surface area contributed by atoms with Gasteiger partial charge in [0, 0.05) is 22.1 Å². The van der Waals surface area contributed by atoms with Crippen LogP contribution in [0.4, 0.5) is 0 Å². The Kier molecular flexibility index (Phi) is 2.96. The van der Waals surface area contributed by atoms with Crippen molar-refractivity contribution in [2.75, 3.05) is 0 Å². The number of fused-ring (bicyclic) bond motifs is 4. The van der Waals surface area contributed by atoms with Gasteiger partial charge in [-0.3, -0.25) is 0 Å². The summed E-state index contributed by atoms with van der Waals surface area (Å²) in [6.45, 7) is 0. The Balaban J connectivity index is 1.66. The Morgan fingerprint density at radius 1 is 0.486 bits per heavy atom. The van der Waals surface area contributed by atoms with E-state index in [1.165, 1.54) is 0 Å². The molecule has 1 aliphatic heterocycles. The van der Waals surface area contributed by atoms with Gasteiger partial charge in [-0.2, -0.15) is 0 Å². The molecule has 37 heavy (non-hydrogen) atoms. The maximum Gasteiger partial charge on any atom is 0.143 e. The van der Waals surface area contributed by atoms with Crippen LogP contribution in [0.1, 0.15) is 11.0 Å². The lowest BCUT2D eigenvalue weighted by Crippen LogP contribution is -1.99. The zero-order valence-corrected chi connectivity index (χ0v) is 19.5. The molecule has 0 amide bonds. The van der Waals surface area contributed by atoms with E-state index in [2.05, 4.69) is 0 Å². The van der Waals surface area contributed by atoms with Crippen LogP contribution in [0.2, 0.25) is 0 Å². The molecule has 7 aromatic carbocycles. The highest BCUT2D eigenvalue weighted by Crippen LogP contribution is 2.53. The summed E-state index contributed by atoms with van der Waals surface area (Å²) in [7, 11) is 0. The lowest BCUT2D eigenvalue weighted by Gasteiger charge is -2.25. The van der Waals surface area contributed by atoms with E-state index in [1.54, 1.807) is 30.3 Å². The molecule has 0 bridgehead atoms. The average Bonchev–Trinajstić information content (AvgIpc) is 3.07. The molecule has 7 aromatic rings. The summed E-state index contributed by atoms with van der Waals surface area (Å²) in [6, 6.07) is 23.4. The minimum absolute atomic E-state index is 0.159. The number of hydrogen-bond acceptors (Lipinski definition) is 1. The van der Waals surface area contributed by atoms with Crippen LogP contribution in [0, 0.1) is 0 Å². The van der Waals surface area contributed by atoms with Gasteiger partial charge < -0.3 is 4.74 Å². The second kappa shape index (κ2) is 7.81. The van der Waals surface area contributed by atoms with E-state index in [1.807, 2.05) is 54.6 Å². The van der Waals surface area contributed by atoms with Crippen molar-refractivity contribution in [2.24, 2.45) is 0 Å². The predicted octanol–water partition coefficient (Wildman–Crippen LogP) is 10.3. The molecule has 0 spiro atoms. The van der Waals surface area contributed by atoms with Gasteiger partial charge in [-0.15, -0.1) is 0 Å². The smallest absolute Gasteiger partial charge is 0.143 e. The summed E-state index contributed by atoms with van der Waals surface area (Å²) in [5, 5.41) is 2.62. The largest absolute Gasteiger partial charge is 0.455 e. The highest BCUT2D eigenvalue weighted by Gasteiger charge is 2.25. The van der Waals surface area contributed by atoms with Gasteiger partial charge in [-0.05, 0) is 49.7 Å². The van der Waals surface area contributed by atoms with Crippen LogP contribution in [-0.2, 0) is 0 Å². The van der Waals surface area contributed by atoms with Gasteiger partial charge >= 0.3 is 0 Å². The van der Waals surface area contributed by atoms with Crippen LogP contribution in [0.3, 0.4) is 0 Å². The fraction of sp³-hybridized carbons (Fsp3) is 0. The van der Waals surface area contributed by atoms with Gasteiger partial charge in [-0.25, -0.2) is 0 Å². The lowest BCUT2D eigenvalue weighted by molar-refractivity contribution is 0.489. The Morgan fingerprint density at radius 2 is 1.05 bits per heavy atom. The topological polar surface area (TPSA) is 9.23 Å². The molecular weight excluding hydrogens is 448 g/mol. The zero-order valence-electron chi connectivity index (χ0n) is 27.5. The second-order valence-corrected chi connectivity index (χ2v) is 9.06. The standard InChI is InChI=1S/C36H22O/c1-2-11-23(12-3-1)33-25-15-4-6-17-27(25)35(28-18-7-5-16-26(28)33)31-21-10-20-30-29-19-8-13-24-14-9-22-32(34(24)29)37-36(30)31/h1-22H/i4D,5D,6D,7D,15D,16D,17D,18D. The minimum Gasteiger partial charge on any atom is -0.455 e. The Hall–Kier alpha value is -4.88. The van der Waals surface area contributed by atoms with Crippen molar-refractivity contribution in [3.8, 4) is 44.9 Å². The van der Waals surface area contributed by atoms with Gasteiger partial charge in [0.1, 0.15) is 11.5 Å². The molecule has 1 heteroatoms. The summed E-state index contributed by atoms with van der Waals surface area (Å²) in [4.78, 5) is 0.